The third-order valence-corrected chi connectivity index (χ3v) is 4.10. The number of primary amides is 1. The van der Waals surface area contributed by atoms with Crippen LogP contribution in [-0.2, 0) is 14.4 Å². The van der Waals surface area contributed by atoms with Crippen molar-refractivity contribution in [1.82, 2.24) is 5.43 Å². The van der Waals surface area contributed by atoms with Gasteiger partial charge in [-0.3, -0.25) is 14.4 Å². The molecule has 0 aliphatic rings. The highest BCUT2D eigenvalue weighted by Gasteiger charge is 2.14. The minimum atomic E-state index is -0.952. The third-order valence-electron chi connectivity index (χ3n) is 3.36. The van der Waals surface area contributed by atoms with E-state index in [0.717, 1.165) is 0 Å². The van der Waals surface area contributed by atoms with Crippen LogP contribution in [0.5, 0.6) is 5.75 Å². The van der Waals surface area contributed by atoms with Gasteiger partial charge in [0.05, 0.1) is 15.8 Å². The molecule has 0 heterocycles. The van der Waals surface area contributed by atoms with E-state index in [1.165, 1.54) is 18.2 Å². The van der Waals surface area contributed by atoms with Crippen LogP contribution in [0.15, 0.2) is 47.6 Å². The Bertz CT molecular complexity index is 930. The van der Waals surface area contributed by atoms with Crippen LogP contribution in [0.1, 0.15) is 12.5 Å². The predicted molar refractivity (Wildman–Crippen MR) is 107 cm³/mol. The lowest BCUT2D eigenvalue weighted by molar-refractivity contribution is -0.136. The fourth-order valence-corrected chi connectivity index (χ4v) is 2.26. The molecule has 0 unspecified atom stereocenters. The number of nitrogens with one attached hydrogen (secondary N) is 2. The standard InChI is InChI=1S/C18H16Cl2N4O4/c1-10(11-2-5-13(6-3-11)28-9-16(21)25)23-24-18(27)17(26)22-12-4-7-14(19)15(20)8-12/h2-8H,9H2,1H3,(H2,21,25)(H,22,26)(H,24,27)/b23-10+. The van der Waals surface area contributed by atoms with Crippen LogP contribution in [0, 0.1) is 0 Å². The Balaban J connectivity index is 1.93. The second kappa shape index (κ2) is 9.72. The van der Waals surface area contributed by atoms with E-state index < -0.39 is 17.7 Å². The molecular formula is C18H16Cl2N4O4. The number of rotatable bonds is 6. The molecule has 0 spiro atoms. The maximum atomic E-state index is 11.9. The maximum absolute atomic E-state index is 11.9. The van der Waals surface area contributed by atoms with E-state index in [-0.39, 0.29) is 11.6 Å². The van der Waals surface area contributed by atoms with Crippen molar-refractivity contribution in [3.05, 3.63) is 58.1 Å². The number of anilines is 1. The molecule has 146 valence electrons. The van der Waals surface area contributed by atoms with Gasteiger partial charge in [-0.05, 0) is 55.0 Å². The molecule has 0 saturated heterocycles. The number of halogens is 2. The summed E-state index contributed by atoms with van der Waals surface area (Å²) in [6.07, 6.45) is 0. The van der Waals surface area contributed by atoms with Crippen molar-refractivity contribution in [2.24, 2.45) is 10.8 Å². The Morgan fingerprint density at radius 2 is 1.71 bits per heavy atom. The Kier molecular flexibility index (Phi) is 7.36. The van der Waals surface area contributed by atoms with Gasteiger partial charge in [-0.25, -0.2) is 5.43 Å². The summed E-state index contributed by atoms with van der Waals surface area (Å²) in [4.78, 5) is 34.5. The second-order valence-electron chi connectivity index (χ2n) is 5.50. The first-order valence-corrected chi connectivity index (χ1v) is 8.64. The molecule has 28 heavy (non-hydrogen) atoms. The Labute approximate surface area is 170 Å². The molecular weight excluding hydrogens is 407 g/mol. The second-order valence-corrected chi connectivity index (χ2v) is 6.31. The molecule has 2 aromatic carbocycles. The average Bonchev–Trinajstić information content (AvgIpc) is 2.67. The largest absolute Gasteiger partial charge is 0.484 e. The number of carbonyl (C=O) groups excluding carboxylic acids is 3. The van der Waals surface area contributed by atoms with Crippen LogP contribution in [-0.4, -0.2) is 30.0 Å². The third kappa shape index (κ3) is 6.26. The van der Waals surface area contributed by atoms with E-state index in [9.17, 15) is 14.4 Å². The van der Waals surface area contributed by atoms with Gasteiger partial charge in [0.2, 0.25) is 0 Å². The van der Waals surface area contributed by atoms with Gasteiger partial charge in [-0.1, -0.05) is 23.2 Å². The number of hydrogen-bond acceptors (Lipinski definition) is 5. The molecule has 0 fully saturated rings. The fraction of sp³-hybridized carbons (Fsp3) is 0.111. The minimum Gasteiger partial charge on any atom is -0.484 e. The monoisotopic (exact) mass is 422 g/mol. The summed E-state index contributed by atoms with van der Waals surface area (Å²) < 4.78 is 5.15. The molecule has 0 atom stereocenters. The van der Waals surface area contributed by atoms with Gasteiger partial charge in [0.1, 0.15) is 5.75 Å². The van der Waals surface area contributed by atoms with Crippen molar-refractivity contribution in [2.45, 2.75) is 6.92 Å². The molecule has 2 aromatic rings. The predicted octanol–water partition coefficient (Wildman–Crippen LogP) is 2.34. The topological polar surface area (TPSA) is 123 Å². The van der Waals surface area contributed by atoms with Crippen LogP contribution in [0.25, 0.3) is 0 Å². The van der Waals surface area contributed by atoms with E-state index in [4.69, 9.17) is 33.7 Å². The Morgan fingerprint density at radius 1 is 1.04 bits per heavy atom. The summed E-state index contributed by atoms with van der Waals surface area (Å²) >= 11 is 11.6. The first-order valence-electron chi connectivity index (χ1n) is 7.88. The van der Waals surface area contributed by atoms with E-state index >= 15 is 0 Å². The summed E-state index contributed by atoms with van der Waals surface area (Å²) in [7, 11) is 0. The molecule has 0 aliphatic heterocycles. The zero-order chi connectivity index (χ0) is 20.7. The molecule has 8 nitrogen and oxygen atoms in total. The number of benzene rings is 2. The van der Waals surface area contributed by atoms with Crippen molar-refractivity contribution in [2.75, 3.05) is 11.9 Å². The maximum Gasteiger partial charge on any atom is 0.329 e. The van der Waals surface area contributed by atoms with E-state index in [1.54, 1.807) is 31.2 Å². The summed E-state index contributed by atoms with van der Waals surface area (Å²) in [5.74, 6) is -1.99. The number of nitrogens with zero attached hydrogens (tertiary/aromatic N) is 1. The summed E-state index contributed by atoms with van der Waals surface area (Å²) in [6, 6.07) is 11.0. The number of hydrogen-bond donors (Lipinski definition) is 3. The van der Waals surface area contributed by atoms with Gasteiger partial charge in [0, 0.05) is 5.69 Å². The summed E-state index contributed by atoms with van der Waals surface area (Å²) in [5, 5.41) is 6.85. The van der Waals surface area contributed by atoms with E-state index in [2.05, 4.69) is 15.8 Å². The Hall–Kier alpha value is -3.10. The van der Waals surface area contributed by atoms with Gasteiger partial charge < -0.3 is 15.8 Å². The number of amides is 3. The number of carbonyl (C=O) groups is 3. The molecule has 3 amide bonds. The van der Waals surface area contributed by atoms with Crippen molar-refractivity contribution < 1.29 is 19.1 Å². The molecule has 0 radical (unpaired) electrons. The highest BCUT2D eigenvalue weighted by atomic mass is 35.5. The molecule has 0 bridgehead atoms. The lowest BCUT2D eigenvalue weighted by Gasteiger charge is -2.07. The molecule has 10 heteroatoms. The molecule has 0 saturated carbocycles. The fourth-order valence-electron chi connectivity index (χ4n) is 1.96. The van der Waals surface area contributed by atoms with E-state index in [1.807, 2.05) is 0 Å². The Morgan fingerprint density at radius 3 is 2.32 bits per heavy atom. The first-order chi connectivity index (χ1) is 13.3. The molecule has 0 aliphatic carbocycles. The van der Waals surface area contributed by atoms with Gasteiger partial charge >= 0.3 is 11.8 Å². The lowest BCUT2D eigenvalue weighted by Crippen LogP contribution is -2.32. The molecule has 0 aromatic heterocycles. The van der Waals surface area contributed by atoms with Crippen LogP contribution in [0.3, 0.4) is 0 Å². The summed E-state index contributed by atoms with van der Waals surface area (Å²) in [5.41, 5.74) is 8.63. The smallest absolute Gasteiger partial charge is 0.329 e. The van der Waals surface area contributed by atoms with Crippen LogP contribution >= 0.6 is 23.2 Å². The normalized spacial score (nSPS) is 10.9. The van der Waals surface area contributed by atoms with Crippen molar-refractivity contribution >= 4 is 52.3 Å². The zero-order valence-electron chi connectivity index (χ0n) is 14.7. The average molecular weight is 423 g/mol. The molecule has 4 N–H and O–H groups in total. The number of ether oxygens (including phenoxy) is 1. The van der Waals surface area contributed by atoms with Gasteiger partial charge in [0.25, 0.3) is 5.91 Å². The van der Waals surface area contributed by atoms with Crippen LogP contribution < -0.4 is 21.2 Å². The SMILES string of the molecule is C/C(=N\NC(=O)C(=O)Nc1ccc(Cl)c(Cl)c1)c1ccc(OCC(N)=O)cc1. The zero-order valence-corrected chi connectivity index (χ0v) is 16.2. The van der Waals surface area contributed by atoms with Crippen LogP contribution in [0.2, 0.25) is 10.0 Å². The quantitative estimate of drug-likeness (QED) is 0.375. The number of hydrazone groups is 1. The first kappa shape index (κ1) is 21.2. The van der Waals surface area contributed by atoms with E-state index in [0.29, 0.717) is 27.7 Å². The van der Waals surface area contributed by atoms with Gasteiger partial charge in [0.15, 0.2) is 6.61 Å². The van der Waals surface area contributed by atoms with Crippen molar-refractivity contribution in [1.29, 1.82) is 0 Å². The van der Waals surface area contributed by atoms with Crippen molar-refractivity contribution in [3.8, 4) is 5.75 Å². The highest BCUT2D eigenvalue weighted by Crippen LogP contribution is 2.24. The highest BCUT2D eigenvalue weighted by molar-refractivity contribution is 6.43. The number of nitrogens with two attached hydrogens (primary N) is 1. The van der Waals surface area contributed by atoms with Gasteiger partial charge in [-0.2, -0.15) is 5.10 Å². The van der Waals surface area contributed by atoms with Gasteiger partial charge in [-0.15, -0.1) is 0 Å². The van der Waals surface area contributed by atoms with Crippen molar-refractivity contribution in [3.63, 3.8) is 0 Å². The summed E-state index contributed by atoms with van der Waals surface area (Å²) in [6.45, 7) is 1.42. The minimum absolute atomic E-state index is 0.226. The lowest BCUT2D eigenvalue weighted by atomic mass is 10.1. The molecule has 2 rings (SSSR count). The van der Waals surface area contributed by atoms with Crippen LogP contribution in [0.4, 0.5) is 5.69 Å².